The van der Waals surface area contributed by atoms with Crippen LogP contribution >= 0.6 is 0 Å². The minimum Gasteiger partial charge on any atom is -0.345 e. The zero-order chi connectivity index (χ0) is 20.3. The molecule has 1 saturated carbocycles. The molecule has 0 spiro atoms. The number of nitrogens with zero attached hydrogens (tertiary/aromatic N) is 1. The quantitative estimate of drug-likeness (QED) is 0.461. The third-order valence-electron chi connectivity index (χ3n) is 4.62. The van der Waals surface area contributed by atoms with E-state index in [2.05, 4.69) is 10.7 Å². The van der Waals surface area contributed by atoms with E-state index in [4.69, 9.17) is 0 Å². The van der Waals surface area contributed by atoms with Crippen molar-refractivity contribution >= 4 is 27.7 Å². The van der Waals surface area contributed by atoms with Gasteiger partial charge in [0.1, 0.15) is 5.82 Å². The fourth-order valence-electron chi connectivity index (χ4n) is 2.89. The fraction of sp³-hybridized carbons (Fsp3) is 0.471. The zero-order valence-corrected chi connectivity index (χ0v) is 15.8. The molecule has 3 N–H and O–H groups in total. The van der Waals surface area contributed by atoms with Crippen LogP contribution in [0.1, 0.15) is 25.7 Å². The topological polar surface area (TPSA) is 125 Å². The monoisotopic (exact) mass is 412 g/mol. The van der Waals surface area contributed by atoms with Crippen molar-refractivity contribution < 1.29 is 27.2 Å². The van der Waals surface area contributed by atoms with Gasteiger partial charge in [-0.3, -0.25) is 25.2 Å². The van der Waals surface area contributed by atoms with E-state index in [9.17, 15) is 27.2 Å². The Morgan fingerprint density at radius 3 is 2.32 bits per heavy atom. The lowest BCUT2D eigenvalue weighted by molar-refractivity contribution is -0.141. The number of hydrogen-bond donors (Lipinski definition) is 3. The van der Waals surface area contributed by atoms with E-state index >= 15 is 0 Å². The highest BCUT2D eigenvalue weighted by Gasteiger charge is 2.34. The Balaban J connectivity index is 1.56. The largest absolute Gasteiger partial charge is 0.345 e. The van der Waals surface area contributed by atoms with Crippen LogP contribution in [0.3, 0.4) is 0 Å². The lowest BCUT2D eigenvalue weighted by atomic mass is 9.99. The van der Waals surface area contributed by atoms with Gasteiger partial charge in [-0.2, -0.15) is 4.31 Å². The average molecular weight is 412 g/mol. The van der Waals surface area contributed by atoms with Crippen LogP contribution < -0.4 is 16.2 Å². The molecule has 1 heterocycles. The second-order valence-corrected chi connectivity index (χ2v) is 8.79. The summed E-state index contributed by atoms with van der Waals surface area (Å²) in [6.45, 7) is 0.162. The molecule has 1 aliphatic heterocycles. The Morgan fingerprint density at radius 2 is 1.68 bits per heavy atom. The lowest BCUT2D eigenvalue weighted by Crippen LogP contribution is -2.53. The van der Waals surface area contributed by atoms with Crippen LogP contribution in [0.15, 0.2) is 29.2 Å². The van der Waals surface area contributed by atoms with E-state index in [1.807, 2.05) is 5.43 Å². The van der Waals surface area contributed by atoms with Crippen molar-refractivity contribution in [3.63, 3.8) is 0 Å². The van der Waals surface area contributed by atoms with Crippen LogP contribution in [0.25, 0.3) is 0 Å². The minimum atomic E-state index is -3.86. The smallest absolute Gasteiger partial charge is 0.327 e. The first-order chi connectivity index (χ1) is 13.3. The highest BCUT2D eigenvalue weighted by atomic mass is 32.2. The molecule has 0 unspecified atom stereocenters. The minimum absolute atomic E-state index is 0.0116. The predicted molar refractivity (Wildman–Crippen MR) is 95.3 cm³/mol. The molecular formula is C17H21FN4O5S. The molecule has 11 heteroatoms. The molecule has 1 aromatic rings. The summed E-state index contributed by atoms with van der Waals surface area (Å²) in [5.74, 6) is -3.61. The molecule has 3 amide bonds. The normalized spacial score (nSPS) is 20.2. The molecule has 1 aromatic carbocycles. The summed E-state index contributed by atoms with van der Waals surface area (Å²) < 4.78 is 39.6. The zero-order valence-electron chi connectivity index (χ0n) is 15.0. The Kier molecular flexibility index (Phi) is 5.94. The Hall–Kier alpha value is -2.53. The van der Waals surface area contributed by atoms with E-state index in [1.54, 1.807) is 0 Å². The van der Waals surface area contributed by atoms with E-state index in [1.165, 1.54) is 12.1 Å². The van der Waals surface area contributed by atoms with Crippen LogP contribution in [0, 0.1) is 11.7 Å². The molecule has 1 aliphatic carbocycles. The summed E-state index contributed by atoms with van der Waals surface area (Å²) in [4.78, 5) is 35.4. The summed E-state index contributed by atoms with van der Waals surface area (Å²) in [6, 6.07) is 4.48. The average Bonchev–Trinajstić information content (AvgIpc) is 3.50. The van der Waals surface area contributed by atoms with Crippen LogP contribution in [-0.2, 0) is 24.4 Å². The number of hydrogen-bond acceptors (Lipinski definition) is 5. The fourth-order valence-corrected chi connectivity index (χ4v) is 4.41. The Labute approximate surface area is 161 Å². The standard InChI is InChI=1S/C17H21FN4O5S/c18-12-3-7-14(8-4-12)28(26,27)22-9-1-2-11(10-22)15(23)20-21-17(25)16(24)19-13-5-6-13/h3-4,7-8,11,13H,1-2,5-6,9-10H2,(H,19,24)(H,20,23)(H,21,25)/t11-/m1/s1. The SMILES string of the molecule is O=C(NNC(=O)[C@@H]1CCCN(S(=O)(=O)c2ccc(F)cc2)C1)C(=O)NC1CC1. The summed E-state index contributed by atoms with van der Waals surface area (Å²) in [7, 11) is -3.86. The molecule has 0 bridgehead atoms. The number of amides is 3. The van der Waals surface area contributed by atoms with Crippen molar-refractivity contribution in [3.8, 4) is 0 Å². The first-order valence-corrected chi connectivity index (χ1v) is 10.4. The van der Waals surface area contributed by atoms with Gasteiger partial charge in [-0.15, -0.1) is 0 Å². The van der Waals surface area contributed by atoms with Crippen molar-refractivity contribution in [2.45, 2.75) is 36.6 Å². The number of nitrogens with one attached hydrogen (secondary N) is 3. The number of rotatable bonds is 4. The molecule has 1 atom stereocenters. The third kappa shape index (κ3) is 4.84. The van der Waals surface area contributed by atoms with Gasteiger partial charge in [0.2, 0.25) is 15.9 Å². The first kappa shape index (κ1) is 20.2. The first-order valence-electron chi connectivity index (χ1n) is 8.94. The summed E-state index contributed by atoms with van der Waals surface area (Å²) in [5, 5.41) is 2.49. The molecule has 1 saturated heterocycles. The van der Waals surface area contributed by atoms with Gasteiger partial charge in [-0.1, -0.05) is 0 Å². The molecule has 2 fully saturated rings. The number of hydrazine groups is 1. The predicted octanol–water partition coefficient (Wildman–Crippen LogP) is -0.348. The Morgan fingerprint density at radius 1 is 1.00 bits per heavy atom. The Bertz CT molecular complexity index is 870. The highest BCUT2D eigenvalue weighted by molar-refractivity contribution is 7.89. The van der Waals surface area contributed by atoms with E-state index in [0.717, 1.165) is 29.3 Å². The molecule has 3 rings (SSSR count). The molecule has 152 valence electrons. The van der Waals surface area contributed by atoms with E-state index < -0.39 is 39.5 Å². The van der Waals surface area contributed by atoms with Gasteiger partial charge in [-0.05, 0) is 49.9 Å². The van der Waals surface area contributed by atoms with Crippen molar-refractivity contribution in [1.82, 2.24) is 20.5 Å². The lowest BCUT2D eigenvalue weighted by Gasteiger charge is -2.31. The summed E-state index contributed by atoms with van der Waals surface area (Å²) >= 11 is 0. The van der Waals surface area contributed by atoms with Crippen LogP contribution in [-0.4, -0.2) is 49.6 Å². The number of piperidine rings is 1. The molecule has 28 heavy (non-hydrogen) atoms. The number of halogens is 1. The van der Waals surface area contributed by atoms with E-state index in [0.29, 0.717) is 12.8 Å². The molecule has 9 nitrogen and oxygen atoms in total. The van der Waals surface area contributed by atoms with Crippen molar-refractivity contribution in [3.05, 3.63) is 30.1 Å². The van der Waals surface area contributed by atoms with Gasteiger partial charge in [0.25, 0.3) is 0 Å². The highest BCUT2D eigenvalue weighted by Crippen LogP contribution is 2.24. The van der Waals surface area contributed by atoms with Crippen LogP contribution in [0.5, 0.6) is 0 Å². The van der Waals surface area contributed by atoms with Crippen LogP contribution in [0.2, 0.25) is 0 Å². The second kappa shape index (κ2) is 8.23. The van der Waals surface area contributed by atoms with Gasteiger partial charge in [-0.25, -0.2) is 12.8 Å². The number of sulfonamides is 1. The van der Waals surface area contributed by atoms with Gasteiger partial charge in [0.05, 0.1) is 10.8 Å². The van der Waals surface area contributed by atoms with Crippen molar-refractivity contribution in [2.75, 3.05) is 13.1 Å². The van der Waals surface area contributed by atoms with Gasteiger partial charge in [0, 0.05) is 19.1 Å². The molecule has 2 aliphatic rings. The molecular weight excluding hydrogens is 391 g/mol. The summed E-state index contributed by atoms with van der Waals surface area (Å²) in [6.07, 6.45) is 2.54. The number of benzene rings is 1. The summed E-state index contributed by atoms with van der Waals surface area (Å²) in [5.41, 5.74) is 4.22. The number of carbonyl (C=O) groups excluding carboxylic acids is 3. The third-order valence-corrected chi connectivity index (χ3v) is 6.50. The maximum atomic E-state index is 13.0. The molecule has 0 radical (unpaired) electrons. The van der Waals surface area contributed by atoms with Gasteiger partial charge in [0.15, 0.2) is 0 Å². The second-order valence-electron chi connectivity index (χ2n) is 6.85. The van der Waals surface area contributed by atoms with E-state index in [-0.39, 0.29) is 24.0 Å². The maximum Gasteiger partial charge on any atom is 0.327 e. The van der Waals surface area contributed by atoms with Gasteiger partial charge >= 0.3 is 11.8 Å². The van der Waals surface area contributed by atoms with Crippen molar-refractivity contribution in [1.29, 1.82) is 0 Å². The van der Waals surface area contributed by atoms with Crippen molar-refractivity contribution in [2.24, 2.45) is 5.92 Å². The molecule has 0 aromatic heterocycles. The number of carbonyl (C=O) groups is 3. The van der Waals surface area contributed by atoms with Crippen LogP contribution in [0.4, 0.5) is 4.39 Å². The van der Waals surface area contributed by atoms with Gasteiger partial charge < -0.3 is 5.32 Å². The maximum absolute atomic E-state index is 13.0.